The summed E-state index contributed by atoms with van der Waals surface area (Å²) in [5.41, 5.74) is 2.31. The van der Waals surface area contributed by atoms with E-state index in [0.29, 0.717) is 103 Å². The standard InChI is InChI=1S/C18H20N2O6S.C18H20N2O5S2.C16H14Cl2N2O6S.C16H14Cl2N2O5S2.C16H14Cl2N2O4S3/c2*1-13-3-4-14(2)17(11-13)26-16-6-5-15(20(21)22)12-18(16)27(23,24)19-7-9-25-10-8-19;17-11-1-3-13(18)15(9-11)26-14-4-2-12(20(21)22)10-16(14)27(23,24)19-5-7-25-8-6-19;17-11-1-3-13(18)15(9-11)25-14-4-2-12(20(21)22)10-16(14)27(23,24)19-5-7-26-8-6-19;17-11-1-3-13(18)15(9-11)26-14-4-2-12(20(21)22)10-16(14)27(23,24)19-5-7-25-8-6-19/h2*3-6,11-12H,7-10H2,1-2H3;3*1-4,9-10H,5-8H2. The molecule has 5 fully saturated rings. The van der Waals surface area contributed by atoms with Crippen LogP contribution in [0.1, 0.15) is 22.3 Å². The number of hydrogen-bond acceptors (Lipinski definition) is 30. The molecule has 0 unspecified atom stereocenters. The molecular weight excluding hydrogens is 2070 g/mol. The zero-order chi connectivity index (χ0) is 98.0. The van der Waals surface area contributed by atoms with Crippen molar-refractivity contribution in [2.45, 2.75) is 71.8 Å². The number of morpholine rings is 3. The molecule has 0 amide bonds. The predicted molar refractivity (Wildman–Crippen MR) is 516 cm³/mol. The number of aryl methyl sites for hydroxylation is 4. The van der Waals surface area contributed by atoms with Crippen molar-refractivity contribution in [1.29, 1.82) is 0 Å². The number of halogens is 6. The van der Waals surface area contributed by atoms with Gasteiger partial charge in [-0.05, 0) is 135 Å². The highest BCUT2D eigenvalue weighted by Crippen LogP contribution is 2.46. The highest BCUT2D eigenvalue weighted by Gasteiger charge is 2.38. The minimum absolute atomic E-state index is 0.0375. The molecule has 5 heterocycles. The number of thioether (sulfide) groups is 2. The smallest absolute Gasteiger partial charge is 0.271 e. The summed E-state index contributed by atoms with van der Waals surface area (Å²) in [6.07, 6.45) is 0. The summed E-state index contributed by atoms with van der Waals surface area (Å²) >= 11 is 42.0. The molecule has 10 aromatic carbocycles. The van der Waals surface area contributed by atoms with Gasteiger partial charge in [0.15, 0.2) is 0 Å². The van der Waals surface area contributed by atoms with E-state index in [4.69, 9.17) is 98.0 Å². The van der Waals surface area contributed by atoms with Gasteiger partial charge in [0.1, 0.15) is 59.0 Å². The quantitative estimate of drug-likeness (QED) is 0.0379. The van der Waals surface area contributed by atoms with E-state index in [0.717, 1.165) is 75.3 Å². The Hall–Kier alpha value is -8.83. The van der Waals surface area contributed by atoms with Crippen LogP contribution in [0.25, 0.3) is 0 Å². The number of ether oxygens (including phenoxy) is 6. The van der Waals surface area contributed by atoms with Crippen LogP contribution in [0.2, 0.25) is 30.1 Å². The van der Waals surface area contributed by atoms with E-state index in [1.807, 2.05) is 58.0 Å². The summed E-state index contributed by atoms with van der Waals surface area (Å²) in [7, 11) is -19.7. The molecule has 135 heavy (non-hydrogen) atoms. The second kappa shape index (κ2) is 47.7. The first-order chi connectivity index (χ1) is 63.9. The lowest BCUT2D eigenvalue weighted by Crippen LogP contribution is -2.40. The van der Waals surface area contributed by atoms with Gasteiger partial charge in [-0.3, -0.25) is 50.6 Å². The van der Waals surface area contributed by atoms with Crippen LogP contribution in [0.5, 0.6) is 34.5 Å². The number of nitro groups is 5. The highest BCUT2D eigenvalue weighted by atomic mass is 35.5. The third-order valence-corrected chi connectivity index (χ3v) is 36.0. The van der Waals surface area contributed by atoms with E-state index in [1.165, 1.54) is 112 Å². The minimum atomic E-state index is -4.04. The first-order valence-corrected chi connectivity index (χ1v) is 53.6. The Labute approximate surface area is 824 Å². The molecule has 5 aliphatic heterocycles. The van der Waals surface area contributed by atoms with Gasteiger partial charge in [0.2, 0.25) is 50.1 Å². The van der Waals surface area contributed by atoms with Gasteiger partial charge in [0.25, 0.3) is 28.4 Å². The lowest BCUT2D eigenvalue weighted by atomic mass is 10.1. The van der Waals surface area contributed by atoms with Crippen LogP contribution in [0.15, 0.2) is 226 Å². The maximum atomic E-state index is 13.2. The van der Waals surface area contributed by atoms with E-state index < -0.39 is 74.7 Å². The lowest BCUT2D eigenvalue weighted by Gasteiger charge is -2.26. The van der Waals surface area contributed by atoms with E-state index in [1.54, 1.807) is 59.9 Å². The summed E-state index contributed by atoms with van der Waals surface area (Å²) in [4.78, 5) is 54.0. The van der Waals surface area contributed by atoms with Gasteiger partial charge in [0, 0.05) is 196 Å². The molecule has 0 spiro atoms. The van der Waals surface area contributed by atoms with Crippen LogP contribution in [0, 0.1) is 78.3 Å². The van der Waals surface area contributed by atoms with E-state index in [2.05, 4.69) is 0 Å². The second-order valence-electron chi connectivity index (χ2n) is 29.3. The number of nitrogens with zero attached hydrogens (tertiary/aromatic N) is 10. The van der Waals surface area contributed by atoms with Gasteiger partial charge < -0.3 is 28.4 Å². The lowest BCUT2D eigenvalue weighted by molar-refractivity contribution is -0.385. The first-order valence-electron chi connectivity index (χ1n) is 40.1. The van der Waals surface area contributed by atoms with Gasteiger partial charge in [0.05, 0.1) is 79.3 Å². The van der Waals surface area contributed by atoms with Crippen molar-refractivity contribution in [1.82, 2.24) is 21.5 Å². The molecule has 0 atom stereocenters. The van der Waals surface area contributed by atoms with Crippen molar-refractivity contribution >= 4 is 195 Å². The molecule has 0 N–H and O–H groups in total. The summed E-state index contributed by atoms with van der Waals surface area (Å²) in [6, 6.07) is 43.6. The molecule has 0 aromatic heterocycles. The molecule has 51 heteroatoms. The fraction of sp³-hybridized carbons (Fsp3) is 0.286. The van der Waals surface area contributed by atoms with Crippen molar-refractivity contribution in [3.8, 4) is 34.5 Å². The number of nitro benzene ring substituents is 5. The van der Waals surface area contributed by atoms with Gasteiger partial charge in [-0.25, -0.2) is 42.1 Å². The van der Waals surface area contributed by atoms with Crippen molar-refractivity contribution in [3.05, 3.63) is 285 Å². The fourth-order valence-electron chi connectivity index (χ4n) is 13.0. The van der Waals surface area contributed by atoms with Gasteiger partial charge >= 0.3 is 0 Å². The SMILES string of the molecule is Cc1ccc(C)c(Oc2ccc([N+](=O)[O-])cc2S(=O)(=O)N2CCOCC2)c1.Cc1ccc(C)c(Sc2ccc([N+](=O)[O-])cc2S(=O)(=O)N2CCOCC2)c1.O=[N+]([O-])c1ccc(Oc2cc(Cl)ccc2Cl)c(S(=O)(=O)N2CCOCC2)c1.O=[N+]([O-])c1ccc(Oc2cc(Cl)ccc2Cl)c(S(=O)(=O)N2CCSCC2)c1.O=[N+]([O-])c1ccc(Sc2cc(Cl)ccc2Cl)c(S(=O)(=O)N2CCSCC2)c1. The van der Waals surface area contributed by atoms with Crippen molar-refractivity contribution in [3.63, 3.8) is 0 Å². The molecule has 720 valence electrons. The van der Waals surface area contributed by atoms with Crippen LogP contribution in [0.4, 0.5) is 28.4 Å². The second-order valence-corrected chi connectivity index (χ2v) is 46.0. The van der Waals surface area contributed by atoms with Crippen molar-refractivity contribution < 1.29 is 95.1 Å². The molecule has 15 rings (SSSR count). The molecular formula is C84H82Cl6N10O26S9. The third kappa shape index (κ3) is 27.8. The minimum Gasteiger partial charge on any atom is -0.456 e. The zero-order valence-electron chi connectivity index (χ0n) is 71.5. The number of non-ortho nitro benzene ring substituents is 5. The van der Waals surface area contributed by atoms with Crippen LogP contribution in [-0.2, 0) is 64.3 Å². The van der Waals surface area contributed by atoms with Crippen molar-refractivity contribution in [2.75, 3.05) is 128 Å². The summed E-state index contributed by atoms with van der Waals surface area (Å²) in [5, 5.41) is 57.8. The zero-order valence-corrected chi connectivity index (χ0v) is 83.4. The Kier molecular flexibility index (Phi) is 37.7. The average molecular weight is 2150 g/mol. The summed E-state index contributed by atoms with van der Waals surface area (Å²) in [6.45, 7) is 11.8. The molecule has 10 aromatic rings. The Balaban J connectivity index is 0.000000162. The number of rotatable bonds is 25. The van der Waals surface area contributed by atoms with E-state index >= 15 is 0 Å². The van der Waals surface area contributed by atoms with Crippen molar-refractivity contribution in [2.24, 2.45) is 0 Å². The topological polar surface area (TPSA) is 458 Å². The van der Waals surface area contributed by atoms with E-state index in [-0.39, 0.29) is 157 Å². The number of benzene rings is 10. The molecule has 36 nitrogen and oxygen atoms in total. The molecule has 5 saturated heterocycles. The van der Waals surface area contributed by atoms with Crippen LogP contribution in [-0.4, -0.2) is 216 Å². The molecule has 0 saturated carbocycles. The van der Waals surface area contributed by atoms with Crippen LogP contribution < -0.4 is 14.2 Å². The normalized spacial score (nSPS) is 15.5. The summed E-state index contributed by atoms with van der Waals surface area (Å²) < 4.78 is 170. The Morgan fingerprint density at radius 2 is 0.570 bits per heavy atom. The summed E-state index contributed by atoms with van der Waals surface area (Å²) in [5.74, 6) is 3.41. The Bertz CT molecular complexity index is 5800. The van der Waals surface area contributed by atoms with Gasteiger partial charge in [-0.1, -0.05) is 117 Å². The van der Waals surface area contributed by atoms with E-state index in [9.17, 15) is 92.7 Å². The largest absolute Gasteiger partial charge is 0.456 e. The molecule has 0 radical (unpaired) electrons. The predicted octanol–water partition coefficient (Wildman–Crippen LogP) is 19.3. The number of hydrogen-bond donors (Lipinski definition) is 0. The molecule has 0 aliphatic carbocycles. The Morgan fingerprint density at radius 3 is 0.919 bits per heavy atom. The maximum Gasteiger partial charge on any atom is 0.271 e. The average Bonchev–Trinajstić information content (AvgIpc) is 0.794. The monoisotopic (exact) mass is 2140 g/mol. The van der Waals surface area contributed by atoms with Gasteiger partial charge in [-0.15, -0.1) is 0 Å². The van der Waals surface area contributed by atoms with Crippen LogP contribution >= 0.6 is 117 Å². The molecule has 5 aliphatic rings. The fourth-order valence-corrected chi connectivity index (χ4v) is 26.8. The van der Waals surface area contributed by atoms with Gasteiger partial charge in [-0.2, -0.15) is 45.0 Å². The van der Waals surface area contributed by atoms with Crippen LogP contribution in [0.3, 0.4) is 0 Å². The first kappa shape index (κ1) is 107. The highest BCUT2D eigenvalue weighted by molar-refractivity contribution is 8.01. The third-order valence-electron chi connectivity index (χ3n) is 20.1. The molecule has 0 bridgehead atoms. The maximum absolute atomic E-state index is 13.2. The number of sulfonamides is 5. The Morgan fingerprint density at radius 1 is 0.289 bits per heavy atom.